The number of furan rings is 1. The highest BCUT2D eigenvalue weighted by Crippen LogP contribution is 2.41. The molecule has 2 fully saturated rings. The lowest BCUT2D eigenvalue weighted by Crippen LogP contribution is -2.55. The highest BCUT2D eigenvalue weighted by molar-refractivity contribution is 7.98. The number of nitrogens with zero attached hydrogens (tertiary/aromatic N) is 3. The van der Waals surface area contributed by atoms with E-state index in [-0.39, 0.29) is 11.3 Å². The number of hydrogen-bond donors (Lipinski definition) is 1. The van der Waals surface area contributed by atoms with Crippen molar-refractivity contribution in [3.63, 3.8) is 0 Å². The third kappa shape index (κ3) is 3.78. The molecule has 0 aliphatic carbocycles. The van der Waals surface area contributed by atoms with Crippen LogP contribution in [0.3, 0.4) is 0 Å². The average molecular weight is 402 g/mol. The number of aryl methyl sites for hydroxylation is 1. The molecule has 2 aliphatic rings. The van der Waals surface area contributed by atoms with Crippen LogP contribution in [0.5, 0.6) is 0 Å². The Morgan fingerprint density at radius 1 is 1.32 bits per heavy atom. The second kappa shape index (κ2) is 7.79. The third-order valence-corrected chi connectivity index (χ3v) is 6.79. The number of carbonyl (C=O) groups excluding carboxylic acids is 1. The Morgan fingerprint density at radius 2 is 2.11 bits per heavy atom. The molecule has 1 unspecified atom stereocenters. The van der Waals surface area contributed by atoms with E-state index in [1.807, 2.05) is 19.4 Å². The number of aliphatic hydroxyl groups is 1. The van der Waals surface area contributed by atoms with Gasteiger partial charge >= 0.3 is 0 Å². The number of rotatable bonds is 3. The van der Waals surface area contributed by atoms with Crippen LogP contribution < -0.4 is 4.90 Å². The zero-order valence-corrected chi connectivity index (χ0v) is 17.2. The molecule has 1 amide bonds. The van der Waals surface area contributed by atoms with Gasteiger partial charge in [0.1, 0.15) is 5.82 Å². The lowest BCUT2D eigenvalue weighted by atomic mass is 9.71. The van der Waals surface area contributed by atoms with Crippen molar-refractivity contribution in [3.05, 3.63) is 42.0 Å². The predicted molar refractivity (Wildman–Crippen MR) is 110 cm³/mol. The Labute approximate surface area is 169 Å². The van der Waals surface area contributed by atoms with Crippen LogP contribution in [0, 0.1) is 12.3 Å². The van der Waals surface area contributed by atoms with Crippen molar-refractivity contribution in [3.8, 4) is 0 Å². The molecule has 0 aromatic carbocycles. The molecule has 1 N–H and O–H groups in total. The number of aromatic nitrogens is 1. The van der Waals surface area contributed by atoms with Crippen LogP contribution in [-0.4, -0.2) is 59.4 Å². The van der Waals surface area contributed by atoms with Crippen molar-refractivity contribution in [2.45, 2.75) is 37.2 Å². The van der Waals surface area contributed by atoms with Gasteiger partial charge in [0.15, 0.2) is 5.76 Å². The van der Waals surface area contributed by atoms with Crippen molar-refractivity contribution >= 4 is 23.5 Å². The maximum absolute atomic E-state index is 12.9. The number of pyridine rings is 1. The van der Waals surface area contributed by atoms with Gasteiger partial charge < -0.3 is 19.3 Å². The molecule has 28 heavy (non-hydrogen) atoms. The van der Waals surface area contributed by atoms with Gasteiger partial charge in [-0.05, 0) is 56.1 Å². The molecule has 1 atom stereocenters. The van der Waals surface area contributed by atoms with Crippen molar-refractivity contribution < 1.29 is 14.3 Å². The van der Waals surface area contributed by atoms with E-state index in [9.17, 15) is 9.90 Å². The second-order valence-electron chi connectivity index (χ2n) is 8.02. The Morgan fingerprint density at radius 3 is 2.71 bits per heavy atom. The molecule has 7 heteroatoms. The molecule has 6 nitrogen and oxygen atoms in total. The normalized spacial score (nSPS) is 21.9. The number of carbonyl (C=O) groups is 1. The Balaban J connectivity index is 1.44. The van der Waals surface area contributed by atoms with Gasteiger partial charge in [0.05, 0.1) is 12.4 Å². The molecular formula is C21H27N3O3S. The highest BCUT2D eigenvalue weighted by atomic mass is 32.2. The van der Waals surface area contributed by atoms with Crippen molar-refractivity contribution in [1.82, 2.24) is 9.88 Å². The number of aliphatic hydroxyl groups excluding tert-OH is 1. The van der Waals surface area contributed by atoms with Crippen LogP contribution >= 0.6 is 11.8 Å². The fourth-order valence-electron chi connectivity index (χ4n) is 4.50. The summed E-state index contributed by atoms with van der Waals surface area (Å²) in [4.78, 5) is 22.7. The van der Waals surface area contributed by atoms with Gasteiger partial charge in [-0.15, -0.1) is 11.8 Å². The fraction of sp³-hybridized carbons (Fsp3) is 0.524. The largest absolute Gasteiger partial charge is 0.459 e. The number of thioether (sulfide) groups is 1. The van der Waals surface area contributed by atoms with Gasteiger partial charge in [-0.1, -0.05) is 0 Å². The topological polar surface area (TPSA) is 69.8 Å². The number of β-amino-alcohol motifs (C(OH)–C–C–N with tert-alkyl or cyclic N) is 1. The molecule has 2 aromatic heterocycles. The van der Waals surface area contributed by atoms with Crippen molar-refractivity contribution in [1.29, 1.82) is 0 Å². The van der Waals surface area contributed by atoms with Crippen LogP contribution in [0.4, 0.5) is 5.82 Å². The lowest BCUT2D eigenvalue weighted by molar-refractivity contribution is -0.0162. The van der Waals surface area contributed by atoms with E-state index in [1.165, 1.54) is 0 Å². The molecule has 150 valence electrons. The Hall–Kier alpha value is -1.99. The zero-order valence-electron chi connectivity index (χ0n) is 16.4. The van der Waals surface area contributed by atoms with Crippen LogP contribution in [-0.2, 0) is 0 Å². The quantitative estimate of drug-likeness (QED) is 0.797. The maximum atomic E-state index is 12.9. The zero-order chi connectivity index (χ0) is 19.7. The lowest BCUT2D eigenvalue weighted by Gasteiger charge is -2.49. The molecular weight excluding hydrogens is 374 g/mol. The molecule has 2 saturated heterocycles. The predicted octanol–water partition coefficient (Wildman–Crippen LogP) is 3.20. The summed E-state index contributed by atoms with van der Waals surface area (Å²) < 4.78 is 5.39. The SMILES string of the molecule is CSc1ccc(N2CCC3(CC2)CC(O)CN(C(=O)c2occc2C)C3)nc1. The van der Waals surface area contributed by atoms with Gasteiger partial charge in [-0.2, -0.15) is 0 Å². The number of anilines is 1. The van der Waals surface area contributed by atoms with E-state index in [1.54, 1.807) is 29.0 Å². The van der Waals surface area contributed by atoms with E-state index in [0.29, 0.717) is 18.8 Å². The van der Waals surface area contributed by atoms with Crippen LogP contribution in [0.15, 0.2) is 40.0 Å². The highest BCUT2D eigenvalue weighted by Gasteiger charge is 2.43. The Bertz CT molecular complexity index is 828. The summed E-state index contributed by atoms with van der Waals surface area (Å²) >= 11 is 1.69. The molecule has 4 rings (SSSR count). The average Bonchev–Trinajstić information content (AvgIpc) is 3.13. The molecule has 1 spiro atoms. The smallest absolute Gasteiger partial charge is 0.289 e. The second-order valence-corrected chi connectivity index (χ2v) is 8.90. The minimum absolute atomic E-state index is 0.0382. The van der Waals surface area contributed by atoms with Gasteiger partial charge in [-0.3, -0.25) is 4.79 Å². The van der Waals surface area contributed by atoms with E-state index in [2.05, 4.69) is 22.0 Å². The third-order valence-electron chi connectivity index (χ3n) is 6.07. The minimum atomic E-state index is -0.487. The van der Waals surface area contributed by atoms with E-state index < -0.39 is 6.10 Å². The monoisotopic (exact) mass is 401 g/mol. The standard InChI is InChI=1S/C21H27N3O3S/c1-15-5-10-27-19(15)20(26)24-13-16(25)11-21(14-24)6-8-23(9-7-21)18-4-3-17(28-2)12-22-18/h3-5,10,12,16,25H,6-9,11,13-14H2,1-2H3. The number of amides is 1. The minimum Gasteiger partial charge on any atom is -0.459 e. The number of likely N-dealkylation sites (tertiary alicyclic amines) is 1. The molecule has 0 bridgehead atoms. The summed E-state index contributed by atoms with van der Waals surface area (Å²) in [6, 6.07) is 5.99. The van der Waals surface area contributed by atoms with Gasteiger partial charge in [0.25, 0.3) is 5.91 Å². The van der Waals surface area contributed by atoms with Gasteiger partial charge in [-0.25, -0.2) is 4.98 Å². The van der Waals surface area contributed by atoms with Gasteiger partial charge in [0.2, 0.25) is 0 Å². The molecule has 2 aromatic rings. The molecule has 0 saturated carbocycles. The first-order valence-electron chi connectivity index (χ1n) is 9.76. The van der Waals surface area contributed by atoms with E-state index in [4.69, 9.17) is 4.42 Å². The summed E-state index contributed by atoms with van der Waals surface area (Å²) in [6.07, 6.45) is 7.66. The first-order valence-corrected chi connectivity index (χ1v) is 11.0. The van der Waals surface area contributed by atoms with Crippen LogP contribution in [0.1, 0.15) is 35.4 Å². The van der Waals surface area contributed by atoms with E-state index >= 15 is 0 Å². The van der Waals surface area contributed by atoms with E-state index in [0.717, 1.165) is 48.6 Å². The Kier molecular flexibility index (Phi) is 5.38. The van der Waals surface area contributed by atoms with Gasteiger partial charge in [0, 0.05) is 42.8 Å². The number of piperidine rings is 2. The molecule has 2 aliphatic heterocycles. The summed E-state index contributed by atoms with van der Waals surface area (Å²) in [5, 5.41) is 10.5. The summed E-state index contributed by atoms with van der Waals surface area (Å²) in [7, 11) is 0. The summed E-state index contributed by atoms with van der Waals surface area (Å²) in [5.41, 5.74) is 0.803. The maximum Gasteiger partial charge on any atom is 0.289 e. The molecule has 4 heterocycles. The van der Waals surface area contributed by atoms with Crippen LogP contribution in [0.25, 0.3) is 0 Å². The molecule has 0 radical (unpaired) electrons. The number of hydrogen-bond acceptors (Lipinski definition) is 6. The van der Waals surface area contributed by atoms with Crippen LogP contribution in [0.2, 0.25) is 0 Å². The first kappa shape index (κ1) is 19.3. The summed E-state index contributed by atoms with van der Waals surface area (Å²) in [6.45, 7) is 4.71. The summed E-state index contributed by atoms with van der Waals surface area (Å²) in [5.74, 6) is 1.28. The first-order chi connectivity index (χ1) is 13.5. The van der Waals surface area contributed by atoms with Crippen molar-refractivity contribution in [2.75, 3.05) is 37.3 Å². The fourth-order valence-corrected chi connectivity index (χ4v) is 4.86. The van der Waals surface area contributed by atoms with Crippen molar-refractivity contribution in [2.24, 2.45) is 5.41 Å².